The van der Waals surface area contributed by atoms with E-state index in [2.05, 4.69) is 10.3 Å². The molecule has 1 aliphatic rings. The van der Waals surface area contributed by atoms with E-state index in [1.54, 1.807) is 7.11 Å². The van der Waals surface area contributed by atoms with Crippen molar-refractivity contribution < 1.29 is 9.53 Å². The van der Waals surface area contributed by atoms with Gasteiger partial charge in [0.05, 0.1) is 12.6 Å². The molecule has 1 saturated heterocycles. The molecule has 0 atom stereocenters. The van der Waals surface area contributed by atoms with E-state index in [4.69, 9.17) is 4.74 Å². The molecule has 4 rings (SSSR count). The summed E-state index contributed by atoms with van der Waals surface area (Å²) in [6.07, 6.45) is 2.16. The monoisotopic (exact) mass is 377 g/mol. The number of nitrogens with one attached hydrogen (secondary N) is 2. The molecule has 28 heavy (non-hydrogen) atoms. The number of fused-ring (bicyclic) bond motifs is 1. The molecule has 0 saturated carbocycles. The quantitative estimate of drug-likeness (QED) is 0.715. The molecule has 1 aromatic heterocycles. The van der Waals surface area contributed by atoms with Gasteiger partial charge in [0.1, 0.15) is 5.75 Å². The first-order valence-corrected chi connectivity index (χ1v) is 9.47. The predicted octanol–water partition coefficient (Wildman–Crippen LogP) is 3.38. The van der Waals surface area contributed by atoms with Crippen LogP contribution >= 0.6 is 0 Å². The number of ether oxygens (including phenoxy) is 1. The maximum atomic E-state index is 12.4. The van der Waals surface area contributed by atoms with E-state index < -0.39 is 0 Å². The van der Waals surface area contributed by atoms with Crippen LogP contribution in [0.4, 0.5) is 5.69 Å². The molecule has 1 amide bonds. The van der Waals surface area contributed by atoms with Crippen LogP contribution in [0.2, 0.25) is 0 Å². The molecule has 6 nitrogen and oxygen atoms in total. The van der Waals surface area contributed by atoms with Gasteiger partial charge in [-0.05, 0) is 60.7 Å². The van der Waals surface area contributed by atoms with Crippen LogP contribution in [-0.2, 0) is 6.54 Å². The van der Waals surface area contributed by atoms with Crippen molar-refractivity contribution in [3.63, 3.8) is 0 Å². The van der Waals surface area contributed by atoms with Gasteiger partial charge in [0.15, 0.2) is 0 Å². The number of likely N-dealkylation sites (tertiary alicyclic amines) is 1. The fourth-order valence-electron chi connectivity index (χ4n) is 3.51. The predicted molar refractivity (Wildman–Crippen MR) is 110 cm³/mol. The summed E-state index contributed by atoms with van der Waals surface area (Å²) >= 11 is 0. The highest BCUT2D eigenvalue weighted by Crippen LogP contribution is 2.19. The third-order valence-corrected chi connectivity index (χ3v) is 5.14. The zero-order chi connectivity index (χ0) is 19.5. The summed E-state index contributed by atoms with van der Waals surface area (Å²) in [5, 5.41) is 4.20. The maximum absolute atomic E-state index is 12.4. The summed E-state index contributed by atoms with van der Waals surface area (Å²) in [4.78, 5) is 29.6. The molecule has 0 aliphatic carbocycles. The van der Waals surface area contributed by atoms with Crippen LogP contribution in [0.15, 0.2) is 53.3 Å². The summed E-state index contributed by atoms with van der Waals surface area (Å²) in [6, 6.07) is 14.9. The van der Waals surface area contributed by atoms with Crippen molar-refractivity contribution >= 4 is 22.5 Å². The smallest absolute Gasteiger partial charge is 0.253 e. The first-order valence-electron chi connectivity index (χ1n) is 9.47. The van der Waals surface area contributed by atoms with Gasteiger partial charge >= 0.3 is 0 Å². The number of nitrogens with zero attached hydrogens (tertiary/aromatic N) is 1. The van der Waals surface area contributed by atoms with Crippen LogP contribution in [0.25, 0.3) is 10.9 Å². The van der Waals surface area contributed by atoms with Gasteiger partial charge in [-0.2, -0.15) is 0 Å². The lowest BCUT2D eigenvalue weighted by molar-refractivity contribution is 0.0793. The number of amides is 1. The second-order valence-corrected chi connectivity index (χ2v) is 7.01. The topological polar surface area (TPSA) is 74.4 Å². The van der Waals surface area contributed by atoms with E-state index in [0.29, 0.717) is 23.4 Å². The molecule has 6 heteroatoms. The Morgan fingerprint density at radius 2 is 1.86 bits per heavy atom. The van der Waals surface area contributed by atoms with Crippen LogP contribution in [-0.4, -0.2) is 36.0 Å². The summed E-state index contributed by atoms with van der Waals surface area (Å²) in [7, 11) is 1.60. The van der Waals surface area contributed by atoms with Gasteiger partial charge in [-0.3, -0.25) is 9.59 Å². The molecule has 2 N–H and O–H groups in total. The number of aromatic amines is 1. The molecule has 2 heterocycles. The lowest BCUT2D eigenvalue weighted by Crippen LogP contribution is -2.27. The maximum Gasteiger partial charge on any atom is 0.253 e. The van der Waals surface area contributed by atoms with Crippen molar-refractivity contribution in [2.24, 2.45) is 0 Å². The number of hydrogen-bond acceptors (Lipinski definition) is 4. The van der Waals surface area contributed by atoms with Gasteiger partial charge in [0.25, 0.3) is 11.5 Å². The van der Waals surface area contributed by atoms with Gasteiger partial charge in [0.2, 0.25) is 0 Å². The molecule has 0 spiro atoms. The molecule has 144 valence electrons. The van der Waals surface area contributed by atoms with Crippen molar-refractivity contribution in [2.75, 3.05) is 25.5 Å². The number of pyridine rings is 1. The Bertz CT molecular complexity index is 1050. The van der Waals surface area contributed by atoms with Crippen molar-refractivity contribution in [1.29, 1.82) is 0 Å². The Kier molecular flexibility index (Phi) is 5.02. The average molecular weight is 377 g/mol. The third kappa shape index (κ3) is 3.71. The van der Waals surface area contributed by atoms with Crippen LogP contribution < -0.4 is 15.6 Å². The minimum absolute atomic E-state index is 0.0884. The lowest BCUT2D eigenvalue weighted by Gasteiger charge is -2.15. The zero-order valence-electron chi connectivity index (χ0n) is 15.8. The van der Waals surface area contributed by atoms with Gasteiger partial charge in [-0.15, -0.1) is 0 Å². The molecule has 2 aromatic carbocycles. The van der Waals surface area contributed by atoms with Crippen LogP contribution in [0.3, 0.4) is 0 Å². The number of carbonyl (C=O) groups excluding carboxylic acids is 1. The van der Waals surface area contributed by atoms with Crippen molar-refractivity contribution in [1.82, 2.24) is 9.88 Å². The van der Waals surface area contributed by atoms with E-state index in [0.717, 1.165) is 42.5 Å². The van der Waals surface area contributed by atoms with E-state index in [9.17, 15) is 9.59 Å². The fourth-order valence-corrected chi connectivity index (χ4v) is 3.51. The highest BCUT2D eigenvalue weighted by atomic mass is 16.5. The average Bonchev–Trinajstić information content (AvgIpc) is 3.26. The van der Waals surface area contributed by atoms with Crippen molar-refractivity contribution in [3.8, 4) is 5.75 Å². The first kappa shape index (κ1) is 18.1. The molecular weight excluding hydrogens is 354 g/mol. The normalized spacial score (nSPS) is 13.7. The number of hydrogen-bond donors (Lipinski definition) is 2. The van der Waals surface area contributed by atoms with Gasteiger partial charge < -0.3 is 19.9 Å². The molecule has 1 fully saturated rings. The number of benzene rings is 2. The fraction of sp³-hybridized carbons (Fsp3) is 0.273. The van der Waals surface area contributed by atoms with Crippen LogP contribution in [0, 0.1) is 0 Å². The van der Waals surface area contributed by atoms with E-state index in [1.807, 2.05) is 53.4 Å². The van der Waals surface area contributed by atoms with E-state index in [-0.39, 0.29) is 11.5 Å². The molecular formula is C22H23N3O3. The Morgan fingerprint density at radius 3 is 2.57 bits per heavy atom. The third-order valence-electron chi connectivity index (χ3n) is 5.14. The van der Waals surface area contributed by atoms with Gasteiger partial charge in [0, 0.05) is 42.5 Å². The number of carbonyl (C=O) groups is 1. The second kappa shape index (κ2) is 7.76. The number of anilines is 1. The number of H-pyrrole nitrogens is 1. The minimum Gasteiger partial charge on any atom is -0.497 e. The summed E-state index contributed by atoms with van der Waals surface area (Å²) in [5.74, 6) is 0.794. The number of aromatic nitrogens is 1. The van der Waals surface area contributed by atoms with Gasteiger partial charge in [-0.1, -0.05) is 0 Å². The Balaban J connectivity index is 1.46. The summed E-state index contributed by atoms with van der Waals surface area (Å²) in [5.41, 5.74) is 2.83. The standard InChI is InChI=1S/C22H23N3O3/c1-28-19-9-6-16-12-17(21(26)24-20(16)13-19)14-23-18-7-4-15(5-8-18)22(27)25-10-2-3-11-25/h4-9,12-13,23H,2-3,10-11,14H2,1H3,(H,24,26). The summed E-state index contributed by atoms with van der Waals surface area (Å²) < 4.78 is 5.20. The summed E-state index contributed by atoms with van der Waals surface area (Å²) in [6.45, 7) is 2.08. The molecule has 0 bridgehead atoms. The highest BCUT2D eigenvalue weighted by molar-refractivity contribution is 5.94. The SMILES string of the molecule is COc1ccc2cc(CNc3ccc(C(=O)N4CCCC4)cc3)c(=O)[nH]c2c1. The lowest BCUT2D eigenvalue weighted by atomic mass is 10.1. The largest absolute Gasteiger partial charge is 0.497 e. The van der Waals surface area contributed by atoms with Gasteiger partial charge in [-0.25, -0.2) is 0 Å². The number of rotatable bonds is 5. The Morgan fingerprint density at radius 1 is 1.11 bits per heavy atom. The first-order chi connectivity index (χ1) is 13.6. The molecule has 0 unspecified atom stereocenters. The number of methoxy groups -OCH3 is 1. The minimum atomic E-state index is -0.130. The molecule has 0 radical (unpaired) electrons. The van der Waals surface area contributed by atoms with E-state index >= 15 is 0 Å². The van der Waals surface area contributed by atoms with Crippen LogP contribution in [0.5, 0.6) is 5.75 Å². The van der Waals surface area contributed by atoms with E-state index in [1.165, 1.54) is 0 Å². The Hall–Kier alpha value is -3.28. The Labute approximate surface area is 163 Å². The molecule has 3 aromatic rings. The highest BCUT2D eigenvalue weighted by Gasteiger charge is 2.19. The van der Waals surface area contributed by atoms with Crippen molar-refractivity contribution in [2.45, 2.75) is 19.4 Å². The van der Waals surface area contributed by atoms with Crippen molar-refractivity contribution in [3.05, 3.63) is 70.0 Å². The second-order valence-electron chi connectivity index (χ2n) is 7.01. The van der Waals surface area contributed by atoms with Crippen LogP contribution in [0.1, 0.15) is 28.8 Å². The zero-order valence-corrected chi connectivity index (χ0v) is 15.8. The molecule has 1 aliphatic heterocycles.